The van der Waals surface area contributed by atoms with Crippen LogP contribution in [0.5, 0.6) is 0 Å². The van der Waals surface area contributed by atoms with Crippen LogP contribution in [0.4, 0.5) is 0 Å². The van der Waals surface area contributed by atoms with Gasteiger partial charge in [-0.05, 0) is 31.2 Å². The fourth-order valence-electron chi connectivity index (χ4n) is 3.70. The second kappa shape index (κ2) is 8.27. The van der Waals surface area contributed by atoms with Crippen molar-refractivity contribution in [2.75, 3.05) is 53.5 Å². The molecule has 0 unspecified atom stereocenters. The van der Waals surface area contributed by atoms with Gasteiger partial charge in [-0.1, -0.05) is 12.1 Å². The largest absolute Gasteiger partial charge is 0.394 e. The summed E-state index contributed by atoms with van der Waals surface area (Å²) in [4.78, 5) is 19.4. The van der Waals surface area contributed by atoms with Crippen LogP contribution in [0.3, 0.4) is 0 Å². The maximum Gasteiger partial charge on any atom is 0.254 e. The first-order valence-corrected chi connectivity index (χ1v) is 9.05. The molecule has 1 aromatic carbocycles. The average molecular weight is 347 g/mol. The lowest BCUT2D eigenvalue weighted by Gasteiger charge is -2.32. The van der Waals surface area contributed by atoms with Crippen LogP contribution >= 0.6 is 0 Å². The van der Waals surface area contributed by atoms with E-state index in [0.717, 1.165) is 32.7 Å². The van der Waals surface area contributed by atoms with Crippen molar-refractivity contribution in [1.82, 2.24) is 14.7 Å². The van der Waals surface area contributed by atoms with Gasteiger partial charge in [0.25, 0.3) is 5.91 Å². The third-order valence-electron chi connectivity index (χ3n) is 5.36. The smallest absolute Gasteiger partial charge is 0.254 e. The summed E-state index contributed by atoms with van der Waals surface area (Å²) < 4.78 is 5.38. The molecule has 2 heterocycles. The topological polar surface area (TPSA) is 56.3 Å². The zero-order valence-corrected chi connectivity index (χ0v) is 15.2. The summed E-state index contributed by atoms with van der Waals surface area (Å²) in [5, 5.41) is 9.58. The van der Waals surface area contributed by atoms with Crippen molar-refractivity contribution in [1.29, 1.82) is 0 Å². The second-order valence-electron chi connectivity index (χ2n) is 7.17. The molecule has 0 spiro atoms. The Morgan fingerprint density at radius 1 is 1.28 bits per heavy atom. The summed E-state index contributed by atoms with van der Waals surface area (Å²) in [6, 6.07) is 7.75. The number of aliphatic hydroxyl groups excluding tert-OH is 1. The van der Waals surface area contributed by atoms with E-state index in [4.69, 9.17) is 4.74 Å². The summed E-state index contributed by atoms with van der Waals surface area (Å²) in [6.45, 7) is 5.69. The first-order valence-electron chi connectivity index (χ1n) is 9.05. The number of methoxy groups -OCH3 is 1. The highest BCUT2D eigenvalue weighted by Gasteiger charge is 2.35. The number of rotatable bonds is 5. The number of amides is 1. The first-order chi connectivity index (χ1) is 12.1. The van der Waals surface area contributed by atoms with Gasteiger partial charge in [0.15, 0.2) is 0 Å². The molecular formula is C19H29N3O3. The van der Waals surface area contributed by atoms with Gasteiger partial charge < -0.3 is 19.6 Å². The van der Waals surface area contributed by atoms with Gasteiger partial charge in [0.05, 0.1) is 18.8 Å². The molecule has 3 rings (SSSR count). The molecule has 2 aliphatic heterocycles. The molecule has 0 radical (unpaired) electrons. The van der Waals surface area contributed by atoms with Crippen molar-refractivity contribution in [3.05, 3.63) is 35.4 Å². The molecule has 1 amide bonds. The molecule has 25 heavy (non-hydrogen) atoms. The third-order valence-corrected chi connectivity index (χ3v) is 5.36. The molecule has 1 N–H and O–H groups in total. The van der Waals surface area contributed by atoms with Crippen LogP contribution < -0.4 is 0 Å². The zero-order valence-electron chi connectivity index (χ0n) is 15.2. The molecule has 2 aliphatic rings. The van der Waals surface area contributed by atoms with Gasteiger partial charge in [-0.3, -0.25) is 9.69 Å². The number of benzene rings is 1. The Balaban J connectivity index is 1.67. The van der Waals surface area contributed by atoms with E-state index in [1.807, 2.05) is 18.2 Å². The second-order valence-corrected chi connectivity index (χ2v) is 7.17. The van der Waals surface area contributed by atoms with Crippen molar-refractivity contribution < 1.29 is 14.6 Å². The van der Waals surface area contributed by atoms with Gasteiger partial charge >= 0.3 is 0 Å². The molecule has 6 nitrogen and oxygen atoms in total. The summed E-state index contributed by atoms with van der Waals surface area (Å²) >= 11 is 0. The highest BCUT2D eigenvalue weighted by molar-refractivity contribution is 5.94. The monoisotopic (exact) mass is 347 g/mol. The Bertz CT molecular complexity index is 587. The molecule has 6 heteroatoms. The molecule has 2 atom stereocenters. The lowest BCUT2D eigenvalue weighted by atomic mass is 10.1. The van der Waals surface area contributed by atoms with Crippen LogP contribution in [0.2, 0.25) is 0 Å². The van der Waals surface area contributed by atoms with Crippen LogP contribution in [-0.4, -0.2) is 91.3 Å². The number of carbonyl (C=O) groups excluding carboxylic acids is 1. The molecule has 2 fully saturated rings. The molecule has 0 aliphatic carbocycles. The van der Waals surface area contributed by atoms with Crippen molar-refractivity contribution in [2.45, 2.75) is 25.1 Å². The molecule has 2 saturated heterocycles. The number of hydrogen-bond acceptors (Lipinski definition) is 5. The third kappa shape index (κ3) is 4.39. The van der Waals surface area contributed by atoms with E-state index in [9.17, 15) is 9.90 Å². The summed E-state index contributed by atoms with van der Waals surface area (Å²) in [7, 11) is 3.81. The predicted octanol–water partition coefficient (Wildman–Crippen LogP) is 0.656. The maximum absolute atomic E-state index is 12.9. The number of likely N-dealkylation sites (tertiary alicyclic amines) is 1. The lowest BCUT2D eigenvalue weighted by Crippen LogP contribution is -2.43. The molecule has 0 aromatic heterocycles. The van der Waals surface area contributed by atoms with Crippen LogP contribution in [0.15, 0.2) is 24.3 Å². The van der Waals surface area contributed by atoms with Gasteiger partial charge in [0.1, 0.15) is 0 Å². The number of hydrogen-bond donors (Lipinski definition) is 1. The highest BCUT2D eigenvalue weighted by atomic mass is 16.5. The van der Waals surface area contributed by atoms with Crippen LogP contribution in [-0.2, 0) is 11.3 Å². The number of aliphatic hydroxyl groups is 1. The number of piperazine rings is 1. The standard InChI is InChI=1S/C19H29N3O3/c1-20-6-8-21(9-7-20)12-15-4-3-5-16(10-15)19(24)22-13-18(25-2)11-17(22)14-23/h3-5,10,17-18,23H,6-9,11-14H2,1-2H3/t17-,18-/m0/s1. The van der Waals surface area contributed by atoms with E-state index in [-0.39, 0.29) is 24.7 Å². The molecular weight excluding hydrogens is 318 g/mol. The number of nitrogens with zero attached hydrogens (tertiary/aromatic N) is 3. The van der Waals surface area contributed by atoms with E-state index in [0.29, 0.717) is 18.5 Å². The Hall–Kier alpha value is -1.47. The molecule has 1 aromatic rings. The number of ether oxygens (including phenoxy) is 1. The van der Waals surface area contributed by atoms with Gasteiger partial charge in [0, 0.05) is 51.9 Å². The molecule has 138 valence electrons. The van der Waals surface area contributed by atoms with E-state index in [2.05, 4.69) is 22.9 Å². The highest BCUT2D eigenvalue weighted by Crippen LogP contribution is 2.22. The van der Waals surface area contributed by atoms with E-state index in [1.165, 1.54) is 5.56 Å². The Kier molecular flexibility index (Phi) is 6.06. The summed E-state index contributed by atoms with van der Waals surface area (Å²) in [5.41, 5.74) is 1.86. The minimum Gasteiger partial charge on any atom is -0.394 e. The Morgan fingerprint density at radius 2 is 2.04 bits per heavy atom. The lowest BCUT2D eigenvalue weighted by molar-refractivity contribution is 0.0647. The van der Waals surface area contributed by atoms with Crippen molar-refractivity contribution in [3.63, 3.8) is 0 Å². The van der Waals surface area contributed by atoms with Gasteiger partial charge in [-0.25, -0.2) is 0 Å². The number of likely N-dealkylation sites (N-methyl/N-ethyl adjacent to an activating group) is 1. The zero-order chi connectivity index (χ0) is 17.8. The fraction of sp³-hybridized carbons (Fsp3) is 0.632. The van der Waals surface area contributed by atoms with Crippen molar-refractivity contribution in [3.8, 4) is 0 Å². The Labute approximate surface area is 150 Å². The normalized spacial score (nSPS) is 25.5. The van der Waals surface area contributed by atoms with Crippen LogP contribution in [0.25, 0.3) is 0 Å². The van der Waals surface area contributed by atoms with Gasteiger partial charge in [-0.2, -0.15) is 0 Å². The molecule has 0 bridgehead atoms. The van der Waals surface area contributed by atoms with Crippen LogP contribution in [0, 0.1) is 0 Å². The number of carbonyl (C=O) groups is 1. The summed E-state index contributed by atoms with van der Waals surface area (Å²) in [5.74, 6) is -0.0150. The van der Waals surface area contributed by atoms with E-state index < -0.39 is 0 Å². The minimum absolute atomic E-state index is 0.00891. The maximum atomic E-state index is 12.9. The van der Waals surface area contributed by atoms with Crippen molar-refractivity contribution >= 4 is 5.91 Å². The predicted molar refractivity (Wildman–Crippen MR) is 96.5 cm³/mol. The van der Waals surface area contributed by atoms with Gasteiger partial charge in [0.2, 0.25) is 0 Å². The molecule has 0 saturated carbocycles. The van der Waals surface area contributed by atoms with E-state index in [1.54, 1.807) is 12.0 Å². The fourth-order valence-corrected chi connectivity index (χ4v) is 3.70. The Morgan fingerprint density at radius 3 is 2.72 bits per heavy atom. The van der Waals surface area contributed by atoms with E-state index >= 15 is 0 Å². The van der Waals surface area contributed by atoms with Crippen LogP contribution in [0.1, 0.15) is 22.3 Å². The SMILES string of the molecule is CO[C@H]1C[C@@H](CO)N(C(=O)c2cccc(CN3CCN(C)CC3)c2)C1. The average Bonchev–Trinajstić information content (AvgIpc) is 3.07. The minimum atomic E-state index is -0.154. The van der Waals surface area contributed by atoms with Gasteiger partial charge in [-0.15, -0.1) is 0 Å². The summed E-state index contributed by atoms with van der Waals surface area (Å²) in [6.07, 6.45) is 0.703. The quantitative estimate of drug-likeness (QED) is 0.848. The van der Waals surface area contributed by atoms with Crippen molar-refractivity contribution in [2.24, 2.45) is 0 Å². The first kappa shape index (κ1) is 18.3.